The third-order valence-corrected chi connectivity index (χ3v) is 2.95. The lowest BCUT2D eigenvalue weighted by molar-refractivity contribution is 1.19. The first kappa shape index (κ1) is 10.9. The SMILES string of the molecule is C=C(CI)C(=CCC)CI. The minimum absolute atomic E-state index is 1.05. The van der Waals surface area contributed by atoms with Gasteiger partial charge in [0, 0.05) is 8.86 Å². The van der Waals surface area contributed by atoms with Gasteiger partial charge in [-0.15, -0.1) is 0 Å². The van der Waals surface area contributed by atoms with Crippen LogP contribution in [-0.4, -0.2) is 8.86 Å². The summed E-state index contributed by atoms with van der Waals surface area (Å²) in [6.45, 7) is 6.14. The maximum absolute atomic E-state index is 3.98. The molecular formula is C8H12I2. The number of rotatable bonds is 4. The van der Waals surface area contributed by atoms with E-state index in [9.17, 15) is 0 Å². The lowest BCUT2D eigenvalue weighted by Crippen LogP contribution is -1.90. The average molecular weight is 362 g/mol. The molecule has 0 saturated heterocycles. The van der Waals surface area contributed by atoms with Gasteiger partial charge in [0.15, 0.2) is 0 Å². The first-order chi connectivity index (χ1) is 4.76. The van der Waals surface area contributed by atoms with Gasteiger partial charge < -0.3 is 0 Å². The van der Waals surface area contributed by atoms with Gasteiger partial charge in [0.25, 0.3) is 0 Å². The lowest BCUT2D eigenvalue weighted by atomic mass is 10.1. The van der Waals surface area contributed by atoms with Crippen molar-refractivity contribution in [2.75, 3.05) is 8.86 Å². The average Bonchev–Trinajstić information content (AvgIpc) is 1.99. The van der Waals surface area contributed by atoms with E-state index in [2.05, 4.69) is 64.8 Å². The van der Waals surface area contributed by atoms with E-state index in [1.54, 1.807) is 0 Å². The fourth-order valence-corrected chi connectivity index (χ4v) is 1.97. The maximum Gasteiger partial charge on any atom is 0.0246 e. The summed E-state index contributed by atoms with van der Waals surface area (Å²) in [5.74, 6) is 0. The minimum Gasteiger partial charge on any atom is -0.0948 e. The Labute approximate surface area is 90.4 Å². The molecule has 0 aliphatic rings. The summed E-state index contributed by atoms with van der Waals surface area (Å²) in [6, 6.07) is 0. The molecule has 0 amide bonds. The van der Waals surface area contributed by atoms with Crippen LogP contribution in [0.1, 0.15) is 13.3 Å². The topological polar surface area (TPSA) is 0 Å². The minimum atomic E-state index is 1.05. The van der Waals surface area contributed by atoms with Gasteiger partial charge in [-0.05, 0) is 17.6 Å². The second kappa shape index (κ2) is 6.64. The highest BCUT2D eigenvalue weighted by Crippen LogP contribution is 2.14. The number of hydrogen-bond donors (Lipinski definition) is 0. The number of allylic oxidation sites excluding steroid dienone is 3. The van der Waals surface area contributed by atoms with Crippen LogP contribution in [0.15, 0.2) is 23.8 Å². The molecule has 0 N–H and O–H groups in total. The summed E-state index contributed by atoms with van der Waals surface area (Å²) in [7, 11) is 0. The molecule has 0 fully saturated rings. The standard InChI is InChI=1S/C8H12I2/c1-3-4-8(6-10)7(2)5-9/h4H,2-3,5-6H2,1H3. The molecule has 0 aromatic rings. The first-order valence-electron chi connectivity index (χ1n) is 3.25. The molecular weight excluding hydrogens is 350 g/mol. The van der Waals surface area contributed by atoms with E-state index in [4.69, 9.17) is 0 Å². The first-order valence-corrected chi connectivity index (χ1v) is 6.30. The second-order valence-electron chi connectivity index (χ2n) is 2.01. The predicted molar refractivity (Wildman–Crippen MR) is 65.3 cm³/mol. The van der Waals surface area contributed by atoms with Gasteiger partial charge in [-0.3, -0.25) is 0 Å². The van der Waals surface area contributed by atoms with Crippen molar-refractivity contribution in [3.63, 3.8) is 0 Å². The van der Waals surface area contributed by atoms with Crippen LogP contribution in [0.5, 0.6) is 0 Å². The highest BCUT2D eigenvalue weighted by molar-refractivity contribution is 14.1. The lowest BCUT2D eigenvalue weighted by Gasteiger charge is -2.02. The van der Waals surface area contributed by atoms with Crippen LogP contribution >= 0.6 is 45.2 Å². The third-order valence-electron chi connectivity index (χ3n) is 1.21. The quantitative estimate of drug-likeness (QED) is 0.406. The molecule has 0 aromatic carbocycles. The van der Waals surface area contributed by atoms with Gasteiger partial charge in [-0.25, -0.2) is 0 Å². The zero-order chi connectivity index (χ0) is 7.98. The summed E-state index contributed by atoms with van der Waals surface area (Å²) >= 11 is 4.73. The van der Waals surface area contributed by atoms with E-state index in [-0.39, 0.29) is 0 Å². The molecule has 0 bridgehead atoms. The van der Waals surface area contributed by atoms with Gasteiger partial charge in [-0.1, -0.05) is 64.8 Å². The molecule has 0 aromatic heterocycles. The van der Waals surface area contributed by atoms with Crippen LogP contribution in [0.4, 0.5) is 0 Å². The third kappa shape index (κ3) is 3.95. The van der Waals surface area contributed by atoms with Crippen molar-refractivity contribution in [2.45, 2.75) is 13.3 Å². The molecule has 0 radical (unpaired) electrons. The molecule has 0 heterocycles. The number of hydrogen-bond acceptors (Lipinski definition) is 0. The Bertz CT molecular complexity index is 136. The van der Waals surface area contributed by atoms with Gasteiger partial charge in [0.2, 0.25) is 0 Å². The monoisotopic (exact) mass is 362 g/mol. The van der Waals surface area contributed by atoms with Gasteiger partial charge >= 0.3 is 0 Å². The maximum atomic E-state index is 3.98. The summed E-state index contributed by atoms with van der Waals surface area (Å²) in [4.78, 5) is 0. The highest BCUT2D eigenvalue weighted by atomic mass is 127. The van der Waals surface area contributed by atoms with Gasteiger partial charge in [0.1, 0.15) is 0 Å². The van der Waals surface area contributed by atoms with Crippen molar-refractivity contribution in [3.8, 4) is 0 Å². The van der Waals surface area contributed by atoms with E-state index in [1.807, 2.05) is 0 Å². The Kier molecular flexibility index (Phi) is 7.26. The highest BCUT2D eigenvalue weighted by Gasteiger charge is 1.96. The van der Waals surface area contributed by atoms with Crippen molar-refractivity contribution in [2.24, 2.45) is 0 Å². The smallest absolute Gasteiger partial charge is 0.0246 e. The van der Waals surface area contributed by atoms with Crippen molar-refractivity contribution in [1.29, 1.82) is 0 Å². The summed E-state index contributed by atoms with van der Waals surface area (Å²) < 4.78 is 2.14. The van der Waals surface area contributed by atoms with Crippen molar-refractivity contribution in [1.82, 2.24) is 0 Å². The predicted octanol–water partition coefficient (Wildman–Crippen LogP) is 3.75. The summed E-state index contributed by atoms with van der Waals surface area (Å²) in [5.41, 5.74) is 2.69. The van der Waals surface area contributed by atoms with E-state index in [0.29, 0.717) is 0 Å². The Morgan fingerprint density at radius 3 is 2.30 bits per heavy atom. The van der Waals surface area contributed by atoms with Crippen LogP contribution in [0, 0.1) is 0 Å². The van der Waals surface area contributed by atoms with E-state index >= 15 is 0 Å². The molecule has 0 spiro atoms. The number of halogens is 2. The molecule has 2 heteroatoms. The van der Waals surface area contributed by atoms with E-state index < -0.39 is 0 Å². The van der Waals surface area contributed by atoms with Crippen LogP contribution < -0.4 is 0 Å². The zero-order valence-electron chi connectivity index (χ0n) is 6.16. The molecule has 58 valence electrons. The summed E-state index contributed by atoms with van der Waals surface area (Å²) in [5, 5.41) is 0. The molecule has 0 rings (SSSR count). The molecule has 0 saturated carbocycles. The Hall–Kier alpha value is 0.940. The van der Waals surface area contributed by atoms with Gasteiger partial charge in [-0.2, -0.15) is 0 Å². The normalized spacial score (nSPS) is 11.7. The van der Waals surface area contributed by atoms with Crippen molar-refractivity contribution < 1.29 is 0 Å². The molecule has 10 heavy (non-hydrogen) atoms. The van der Waals surface area contributed by atoms with Crippen LogP contribution in [0.3, 0.4) is 0 Å². The van der Waals surface area contributed by atoms with Crippen LogP contribution in [-0.2, 0) is 0 Å². The fraction of sp³-hybridized carbons (Fsp3) is 0.500. The molecule has 0 unspecified atom stereocenters. The zero-order valence-corrected chi connectivity index (χ0v) is 10.5. The Morgan fingerprint density at radius 2 is 2.00 bits per heavy atom. The van der Waals surface area contributed by atoms with Crippen LogP contribution in [0.25, 0.3) is 0 Å². The largest absolute Gasteiger partial charge is 0.0948 e. The molecule has 0 nitrogen and oxygen atoms in total. The fourth-order valence-electron chi connectivity index (χ4n) is 0.626. The molecule has 0 atom stereocenters. The summed E-state index contributed by atoms with van der Waals surface area (Å²) in [6.07, 6.45) is 3.38. The van der Waals surface area contributed by atoms with Crippen molar-refractivity contribution >= 4 is 45.2 Å². The van der Waals surface area contributed by atoms with E-state index in [1.165, 1.54) is 11.1 Å². The van der Waals surface area contributed by atoms with Crippen LogP contribution in [0.2, 0.25) is 0 Å². The Morgan fingerprint density at radius 1 is 1.40 bits per heavy atom. The Balaban J connectivity index is 4.06. The molecule has 0 aliphatic carbocycles. The molecule has 0 aliphatic heterocycles. The number of alkyl halides is 2. The van der Waals surface area contributed by atoms with Gasteiger partial charge in [0.05, 0.1) is 0 Å². The second-order valence-corrected chi connectivity index (χ2v) is 3.53. The van der Waals surface area contributed by atoms with Crippen molar-refractivity contribution in [3.05, 3.63) is 23.8 Å². The van der Waals surface area contributed by atoms with E-state index in [0.717, 1.165) is 15.3 Å².